The zero-order valence-electron chi connectivity index (χ0n) is 11.6. The molecule has 22 heavy (non-hydrogen) atoms. The molecule has 0 amide bonds. The van der Waals surface area contributed by atoms with E-state index in [1.807, 2.05) is 4.90 Å². The minimum absolute atomic E-state index is 0.0459. The molecule has 1 aliphatic rings. The van der Waals surface area contributed by atoms with Crippen molar-refractivity contribution in [2.45, 2.75) is 0 Å². The fourth-order valence-electron chi connectivity index (χ4n) is 2.38. The van der Waals surface area contributed by atoms with Crippen LogP contribution >= 0.6 is 0 Å². The summed E-state index contributed by atoms with van der Waals surface area (Å²) >= 11 is 0. The first-order valence-electron chi connectivity index (χ1n) is 6.73. The molecule has 2 heterocycles. The van der Waals surface area contributed by atoms with E-state index in [9.17, 15) is 13.6 Å². The fourth-order valence-corrected chi connectivity index (χ4v) is 2.38. The van der Waals surface area contributed by atoms with Crippen molar-refractivity contribution in [2.24, 2.45) is 0 Å². The molecule has 3 N–H and O–H groups in total. The Bertz CT molecular complexity index is 737. The summed E-state index contributed by atoms with van der Waals surface area (Å²) in [6.07, 6.45) is 0. The van der Waals surface area contributed by atoms with Crippen molar-refractivity contribution in [3.63, 3.8) is 0 Å². The van der Waals surface area contributed by atoms with Gasteiger partial charge in [-0.25, -0.2) is 8.78 Å². The van der Waals surface area contributed by atoms with Gasteiger partial charge in [-0.05, 0) is 17.7 Å². The molecule has 0 saturated carbocycles. The third-order valence-electron chi connectivity index (χ3n) is 3.40. The highest BCUT2D eigenvalue weighted by Gasteiger charge is 2.18. The van der Waals surface area contributed by atoms with Crippen LogP contribution < -0.4 is 16.2 Å². The van der Waals surface area contributed by atoms with E-state index in [0.717, 1.165) is 18.2 Å². The summed E-state index contributed by atoms with van der Waals surface area (Å²) in [6.45, 7) is 2.22. The van der Waals surface area contributed by atoms with Crippen LogP contribution in [0.25, 0.3) is 11.1 Å². The number of nitrogens with one attached hydrogen (secondary N) is 1. The van der Waals surface area contributed by atoms with Gasteiger partial charge in [0.2, 0.25) is 5.95 Å². The molecule has 0 unspecified atom stereocenters. The van der Waals surface area contributed by atoms with Gasteiger partial charge in [-0.3, -0.25) is 9.78 Å². The predicted molar refractivity (Wildman–Crippen MR) is 77.7 cm³/mol. The second kappa shape index (κ2) is 5.72. The van der Waals surface area contributed by atoms with Gasteiger partial charge in [0.1, 0.15) is 17.5 Å². The van der Waals surface area contributed by atoms with Crippen LogP contribution in [-0.4, -0.2) is 36.3 Å². The van der Waals surface area contributed by atoms with E-state index in [1.54, 1.807) is 0 Å². The smallest absolute Gasteiger partial charge is 0.262 e. The number of morpholine rings is 1. The molecule has 2 aromatic rings. The minimum Gasteiger partial charge on any atom is -0.383 e. The Morgan fingerprint density at radius 3 is 2.41 bits per heavy atom. The second-order valence-corrected chi connectivity index (χ2v) is 4.91. The number of aromatic amines is 1. The van der Waals surface area contributed by atoms with Crippen LogP contribution in [0.5, 0.6) is 0 Å². The van der Waals surface area contributed by atoms with E-state index < -0.39 is 17.2 Å². The van der Waals surface area contributed by atoms with Gasteiger partial charge < -0.3 is 15.4 Å². The van der Waals surface area contributed by atoms with Crippen molar-refractivity contribution in [1.29, 1.82) is 0 Å². The average Bonchev–Trinajstić information content (AvgIpc) is 2.46. The van der Waals surface area contributed by atoms with E-state index in [-0.39, 0.29) is 16.9 Å². The number of rotatable bonds is 2. The lowest BCUT2D eigenvalue weighted by Gasteiger charge is -2.27. The van der Waals surface area contributed by atoms with Gasteiger partial charge in [0, 0.05) is 19.2 Å². The Balaban J connectivity index is 2.04. The first-order chi connectivity index (χ1) is 10.5. The van der Waals surface area contributed by atoms with Crippen LogP contribution in [-0.2, 0) is 4.74 Å². The van der Waals surface area contributed by atoms with Gasteiger partial charge in [-0.15, -0.1) is 0 Å². The van der Waals surface area contributed by atoms with Gasteiger partial charge in [0.05, 0.1) is 18.8 Å². The molecule has 1 aromatic carbocycles. The van der Waals surface area contributed by atoms with Gasteiger partial charge in [0.15, 0.2) is 0 Å². The Hall–Kier alpha value is -2.48. The number of nitrogens with zero attached hydrogens (tertiary/aromatic N) is 2. The zero-order chi connectivity index (χ0) is 15.7. The van der Waals surface area contributed by atoms with E-state index >= 15 is 0 Å². The van der Waals surface area contributed by atoms with Crippen molar-refractivity contribution >= 4 is 11.8 Å². The van der Waals surface area contributed by atoms with Crippen LogP contribution in [0.15, 0.2) is 23.0 Å². The van der Waals surface area contributed by atoms with Gasteiger partial charge in [0.25, 0.3) is 5.56 Å². The number of aromatic nitrogens is 2. The summed E-state index contributed by atoms with van der Waals surface area (Å²) < 4.78 is 31.8. The molecule has 0 radical (unpaired) electrons. The third kappa shape index (κ3) is 2.77. The highest BCUT2D eigenvalue weighted by Crippen LogP contribution is 2.24. The number of halogens is 2. The molecule has 1 saturated heterocycles. The summed E-state index contributed by atoms with van der Waals surface area (Å²) in [6, 6.07) is 2.81. The summed E-state index contributed by atoms with van der Waals surface area (Å²) in [5.74, 6) is -1.32. The normalized spacial score (nSPS) is 15.1. The van der Waals surface area contributed by atoms with Crippen LogP contribution in [0.2, 0.25) is 0 Å². The molecule has 6 nitrogen and oxygen atoms in total. The van der Waals surface area contributed by atoms with Crippen LogP contribution in [0.1, 0.15) is 0 Å². The summed E-state index contributed by atoms with van der Waals surface area (Å²) in [7, 11) is 0. The highest BCUT2D eigenvalue weighted by molar-refractivity contribution is 5.73. The van der Waals surface area contributed by atoms with Crippen molar-refractivity contribution in [1.82, 2.24) is 9.97 Å². The van der Waals surface area contributed by atoms with Crippen molar-refractivity contribution in [2.75, 3.05) is 36.9 Å². The molecule has 3 rings (SSSR count). The van der Waals surface area contributed by atoms with Gasteiger partial charge in [-0.2, -0.15) is 4.98 Å². The summed E-state index contributed by atoms with van der Waals surface area (Å²) in [4.78, 5) is 20.8. The van der Waals surface area contributed by atoms with Crippen LogP contribution in [0, 0.1) is 11.6 Å². The lowest BCUT2D eigenvalue weighted by molar-refractivity contribution is 0.122. The summed E-state index contributed by atoms with van der Waals surface area (Å²) in [5, 5.41) is 0. The largest absolute Gasteiger partial charge is 0.383 e. The minimum atomic E-state index is -0.786. The van der Waals surface area contributed by atoms with E-state index in [2.05, 4.69) is 9.97 Å². The standard InChI is InChI=1S/C14H14F2N4O2/c15-9-5-8(6-10(16)7-9)11-12(17)18-14(19-13(11)21)20-1-3-22-4-2-20/h5-7H,1-4H2,(H3,17,18,19,21). The maximum atomic E-state index is 13.3. The monoisotopic (exact) mass is 308 g/mol. The quantitative estimate of drug-likeness (QED) is 0.869. The lowest BCUT2D eigenvalue weighted by atomic mass is 10.1. The Kier molecular flexibility index (Phi) is 3.76. The van der Waals surface area contributed by atoms with Gasteiger partial charge >= 0.3 is 0 Å². The molecule has 0 bridgehead atoms. The zero-order valence-corrected chi connectivity index (χ0v) is 11.6. The lowest BCUT2D eigenvalue weighted by Crippen LogP contribution is -2.38. The number of hydrogen-bond acceptors (Lipinski definition) is 5. The molecular formula is C14H14F2N4O2. The number of hydrogen-bond donors (Lipinski definition) is 2. The number of anilines is 2. The summed E-state index contributed by atoms with van der Waals surface area (Å²) in [5.41, 5.74) is 5.29. The number of H-pyrrole nitrogens is 1. The van der Waals surface area contributed by atoms with E-state index in [0.29, 0.717) is 32.3 Å². The Morgan fingerprint density at radius 2 is 1.82 bits per heavy atom. The molecule has 1 aromatic heterocycles. The van der Waals surface area contributed by atoms with Crippen molar-refractivity contribution in [3.05, 3.63) is 40.2 Å². The molecule has 0 atom stereocenters. The molecule has 1 aliphatic heterocycles. The number of nitrogen functional groups attached to an aromatic ring is 1. The van der Waals surface area contributed by atoms with E-state index in [1.165, 1.54) is 0 Å². The second-order valence-electron chi connectivity index (χ2n) is 4.91. The third-order valence-corrected chi connectivity index (χ3v) is 3.40. The molecular weight excluding hydrogens is 294 g/mol. The SMILES string of the molecule is Nc1nc(N2CCOCC2)[nH]c(=O)c1-c1cc(F)cc(F)c1. The van der Waals surface area contributed by atoms with Crippen molar-refractivity contribution in [3.8, 4) is 11.1 Å². The van der Waals surface area contributed by atoms with Crippen LogP contribution in [0.4, 0.5) is 20.5 Å². The maximum absolute atomic E-state index is 13.3. The first-order valence-corrected chi connectivity index (χ1v) is 6.73. The number of ether oxygens (including phenoxy) is 1. The average molecular weight is 308 g/mol. The maximum Gasteiger partial charge on any atom is 0.262 e. The Morgan fingerprint density at radius 1 is 1.18 bits per heavy atom. The van der Waals surface area contributed by atoms with Crippen LogP contribution in [0.3, 0.4) is 0 Å². The number of nitrogens with two attached hydrogens (primary N) is 1. The number of benzene rings is 1. The van der Waals surface area contributed by atoms with Crippen molar-refractivity contribution < 1.29 is 13.5 Å². The molecule has 0 aliphatic carbocycles. The molecule has 116 valence electrons. The fraction of sp³-hybridized carbons (Fsp3) is 0.286. The van der Waals surface area contributed by atoms with E-state index in [4.69, 9.17) is 10.5 Å². The predicted octanol–water partition coefficient (Wildman–Crippen LogP) is 1.13. The molecule has 8 heteroatoms. The topological polar surface area (TPSA) is 84.2 Å². The molecule has 0 spiro atoms. The first kappa shape index (κ1) is 14.5. The highest BCUT2D eigenvalue weighted by atomic mass is 19.1. The molecule has 1 fully saturated rings. The van der Waals surface area contributed by atoms with Gasteiger partial charge in [-0.1, -0.05) is 0 Å². The Labute approximate surface area is 124 Å².